The maximum absolute atomic E-state index is 5.37. The Morgan fingerprint density at radius 1 is 1.20 bits per heavy atom. The fourth-order valence-corrected chi connectivity index (χ4v) is 2.35. The highest BCUT2D eigenvalue weighted by Crippen LogP contribution is 2.29. The number of aromatic nitrogens is 1. The average Bonchev–Trinajstić information content (AvgIpc) is 2.52. The Hall–Kier alpha value is -1.88. The zero-order valence-electron chi connectivity index (χ0n) is 11.8. The molecule has 1 heterocycles. The molecule has 0 radical (unpaired) electrons. The summed E-state index contributed by atoms with van der Waals surface area (Å²) in [7, 11) is 3.24. The second kappa shape index (κ2) is 7.05. The molecular weight excluding hydrogens is 272 g/mol. The molecule has 0 unspecified atom stereocenters. The smallest absolute Gasteiger partial charge is 0.184 e. The molecule has 2 aromatic rings. The minimum atomic E-state index is 0.582. The van der Waals surface area contributed by atoms with Crippen molar-refractivity contribution in [3.63, 3.8) is 0 Å². The standard InChI is InChI=1S/C15H18N2O2S/c1-18-14-7-8-16-13(15(14)19-2)10-17-11-5-4-6-12(9-11)20-3/h4-9,17H,10H2,1-3H3. The van der Waals surface area contributed by atoms with Gasteiger partial charge in [-0.15, -0.1) is 11.8 Å². The van der Waals surface area contributed by atoms with Gasteiger partial charge in [-0.2, -0.15) is 0 Å². The number of anilines is 1. The summed E-state index contributed by atoms with van der Waals surface area (Å²) in [5, 5.41) is 3.35. The van der Waals surface area contributed by atoms with Gasteiger partial charge in [-0.25, -0.2) is 0 Å². The maximum atomic E-state index is 5.37. The van der Waals surface area contributed by atoms with E-state index in [1.165, 1.54) is 4.90 Å². The first-order valence-corrected chi connectivity index (χ1v) is 7.44. The Morgan fingerprint density at radius 3 is 2.75 bits per heavy atom. The molecule has 0 saturated carbocycles. The third-order valence-corrected chi connectivity index (χ3v) is 3.62. The minimum absolute atomic E-state index is 0.582. The fraction of sp³-hybridized carbons (Fsp3) is 0.267. The molecule has 1 aromatic carbocycles. The SMILES string of the molecule is COc1ccnc(CNc2cccc(SC)c2)c1OC. The molecule has 20 heavy (non-hydrogen) atoms. The van der Waals surface area contributed by atoms with E-state index in [4.69, 9.17) is 9.47 Å². The van der Waals surface area contributed by atoms with E-state index < -0.39 is 0 Å². The molecule has 0 amide bonds. The first kappa shape index (κ1) is 14.5. The number of pyridine rings is 1. The zero-order chi connectivity index (χ0) is 14.4. The fourth-order valence-electron chi connectivity index (χ4n) is 1.90. The molecule has 1 N–H and O–H groups in total. The van der Waals surface area contributed by atoms with E-state index in [1.807, 2.05) is 12.1 Å². The van der Waals surface area contributed by atoms with Gasteiger partial charge in [0, 0.05) is 22.8 Å². The Balaban J connectivity index is 2.14. The lowest BCUT2D eigenvalue weighted by atomic mass is 10.2. The molecule has 0 aliphatic rings. The van der Waals surface area contributed by atoms with E-state index in [2.05, 4.69) is 28.7 Å². The van der Waals surface area contributed by atoms with Crippen molar-refractivity contribution in [3.8, 4) is 11.5 Å². The van der Waals surface area contributed by atoms with Gasteiger partial charge < -0.3 is 14.8 Å². The Labute approximate surface area is 123 Å². The Kier molecular flexibility index (Phi) is 5.12. The lowest BCUT2D eigenvalue weighted by Gasteiger charge is -2.13. The largest absolute Gasteiger partial charge is 0.493 e. The van der Waals surface area contributed by atoms with Crippen molar-refractivity contribution in [1.29, 1.82) is 0 Å². The average molecular weight is 290 g/mol. The summed E-state index contributed by atoms with van der Waals surface area (Å²) in [5.74, 6) is 1.36. The monoisotopic (exact) mass is 290 g/mol. The molecule has 5 heteroatoms. The topological polar surface area (TPSA) is 43.4 Å². The van der Waals surface area contributed by atoms with Crippen molar-refractivity contribution >= 4 is 17.4 Å². The molecule has 2 rings (SSSR count). The minimum Gasteiger partial charge on any atom is -0.493 e. The van der Waals surface area contributed by atoms with Gasteiger partial charge in [0.05, 0.1) is 20.8 Å². The van der Waals surface area contributed by atoms with E-state index in [1.54, 1.807) is 38.2 Å². The summed E-state index contributed by atoms with van der Waals surface area (Å²) >= 11 is 1.72. The molecule has 0 atom stereocenters. The van der Waals surface area contributed by atoms with Crippen LogP contribution < -0.4 is 14.8 Å². The van der Waals surface area contributed by atoms with E-state index in [9.17, 15) is 0 Å². The second-order valence-corrected chi connectivity index (χ2v) is 4.96. The molecule has 0 aliphatic heterocycles. The van der Waals surface area contributed by atoms with Crippen molar-refractivity contribution in [2.45, 2.75) is 11.4 Å². The van der Waals surface area contributed by atoms with Crippen molar-refractivity contribution in [2.75, 3.05) is 25.8 Å². The lowest BCUT2D eigenvalue weighted by molar-refractivity contribution is 0.350. The molecule has 4 nitrogen and oxygen atoms in total. The van der Waals surface area contributed by atoms with Crippen molar-refractivity contribution in [3.05, 3.63) is 42.2 Å². The summed E-state index contributed by atoms with van der Waals surface area (Å²) in [6.07, 6.45) is 3.78. The summed E-state index contributed by atoms with van der Waals surface area (Å²) < 4.78 is 10.6. The van der Waals surface area contributed by atoms with Gasteiger partial charge in [0.1, 0.15) is 5.69 Å². The quantitative estimate of drug-likeness (QED) is 0.826. The van der Waals surface area contributed by atoms with Crippen LogP contribution in [0, 0.1) is 0 Å². The van der Waals surface area contributed by atoms with Crippen LogP contribution in [0.5, 0.6) is 11.5 Å². The number of thioether (sulfide) groups is 1. The molecular formula is C15H18N2O2S. The van der Waals surface area contributed by atoms with Gasteiger partial charge in [-0.3, -0.25) is 4.98 Å². The predicted octanol–water partition coefficient (Wildman–Crippen LogP) is 3.43. The highest BCUT2D eigenvalue weighted by Gasteiger charge is 2.10. The van der Waals surface area contributed by atoms with Crippen LogP contribution in [0.2, 0.25) is 0 Å². The van der Waals surface area contributed by atoms with Crippen molar-refractivity contribution < 1.29 is 9.47 Å². The second-order valence-electron chi connectivity index (χ2n) is 4.08. The summed E-state index contributed by atoms with van der Waals surface area (Å²) in [5.41, 5.74) is 1.88. The number of nitrogens with one attached hydrogen (secondary N) is 1. The molecule has 1 aromatic heterocycles. The zero-order valence-corrected chi connectivity index (χ0v) is 12.7. The van der Waals surface area contributed by atoms with Crippen LogP contribution in [0.3, 0.4) is 0 Å². The number of hydrogen-bond acceptors (Lipinski definition) is 5. The number of rotatable bonds is 6. The third kappa shape index (κ3) is 3.36. The van der Waals surface area contributed by atoms with Crippen molar-refractivity contribution in [2.24, 2.45) is 0 Å². The molecule has 0 spiro atoms. The predicted molar refractivity (Wildman–Crippen MR) is 82.9 cm³/mol. The molecule has 0 fully saturated rings. The van der Waals surface area contributed by atoms with Gasteiger partial charge in [0.2, 0.25) is 0 Å². The van der Waals surface area contributed by atoms with E-state index in [0.717, 1.165) is 11.4 Å². The Bertz CT molecular complexity index is 576. The van der Waals surface area contributed by atoms with Crippen LogP contribution in [0.15, 0.2) is 41.4 Å². The highest BCUT2D eigenvalue weighted by molar-refractivity contribution is 7.98. The number of hydrogen-bond donors (Lipinski definition) is 1. The third-order valence-electron chi connectivity index (χ3n) is 2.90. The molecule has 106 valence electrons. The van der Waals surface area contributed by atoms with Gasteiger partial charge in [-0.05, 0) is 24.5 Å². The van der Waals surface area contributed by atoms with E-state index in [0.29, 0.717) is 18.0 Å². The van der Waals surface area contributed by atoms with Crippen LogP contribution in [-0.2, 0) is 6.54 Å². The summed E-state index contributed by atoms with van der Waals surface area (Å²) in [6.45, 7) is 0.582. The number of benzene rings is 1. The van der Waals surface area contributed by atoms with Crippen LogP contribution in [0.1, 0.15) is 5.69 Å². The van der Waals surface area contributed by atoms with Gasteiger partial charge >= 0.3 is 0 Å². The first-order valence-electron chi connectivity index (χ1n) is 6.22. The van der Waals surface area contributed by atoms with Crippen molar-refractivity contribution in [1.82, 2.24) is 4.98 Å². The Morgan fingerprint density at radius 2 is 2.05 bits per heavy atom. The highest BCUT2D eigenvalue weighted by atomic mass is 32.2. The van der Waals surface area contributed by atoms with Gasteiger partial charge in [0.25, 0.3) is 0 Å². The first-order chi connectivity index (χ1) is 9.78. The van der Waals surface area contributed by atoms with Crippen LogP contribution in [0.4, 0.5) is 5.69 Å². The normalized spacial score (nSPS) is 10.2. The molecule has 0 aliphatic carbocycles. The van der Waals surface area contributed by atoms with Crippen LogP contribution in [0.25, 0.3) is 0 Å². The molecule has 0 bridgehead atoms. The van der Waals surface area contributed by atoms with E-state index >= 15 is 0 Å². The molecule has 0 saturated heterocycles. The van der Waals surface area contributed by atoms with Gasteiger partial charge in [0.15, 0.2) is 11.5 Å². The number of methoxy groups -OCH3 is 2. The van der Waals surface area contributed by atoms with Gasteiger partial charge in [-0.1, -0.05) is 6.07 Å². The van der Waals surface area contributed by atoms with E-state index in [-0.39, 0.29) is 0 Å². The van der Waals surface area contributed by atoms with Crippen LogP contribution in [-0.4, -0.2) is 25.5 Å². The number of ether oxygens (including phenoxy) is 2. The van der Waals surface area contributed by atoms with Crippen LogP contribution >= 0.6 is 11.8 Å². The summed E-state index contributed by atoms with van der Waals surface area (Å²) in [4.78, 5) is 5.57. The summed E-state index contributed by atoms with van der Waals surface area (Å²) in [6, 6.07) is 10.0. The number of nitrogens with zero attached hydrogens (tertiary/aromatic N) is 1. The lowest BCUT2D eigenvalue weighted by Crippen LogP contribution is -2.05. The maximum Gasteiger partial charge on any atom is 0.184 e.